The monoisotopic (exact) mass is 1060 g/mol. The topological polar surface area (TPSA) is 270 Å². The predicted molar refractivity (Wildman–Crippen MR) is 264 cm³/mol. The number of carboxylic acid groups (broad SMARTS) is 1. The van der Waals surface area contributed by atoms with E-state index in [1.165, 1.54) is 36.4 Å². The van der Waals surface area contributed by atoms with Gasteiger partial charge in [0.05, 0.1) is 17.1 Å². The number of unbranched alkanes of at least 4 members (excludes halogenated alkanes) is 2. The maximum Gasteiger partial charge on any atom is 1.00 e. The third kappa shape index (κ3) is 11.5. The van der Waals surface area contributed by atoms with Gasteiger partial charge in [-0.25, -0.2) is 4.79 Å². The minimum atomic E-state index is -4.74. The molecule has 8 rings (SSSR count). The molecular weight excluding hydrogens is 1010 g/mol. The predicted octanol–water partition coefficient (Wildman–Crippen LogP) is 5.24. The molecule has 0 amide bonds. The minimum absolute atomic E-state index is 0. The molecule has 5 aliphatic rings. The summed E-state index contributed by atoms with van der Waals surface area (Å²) < 4.78 is 146. The normalized spacial score (nSPS) is 22.2. The molecule has 5 N–H and O–H groups in total. The average Bonchev–Trinajstić information content (AvgIpc) is 3.80. The van der Waals surface area contributed by atoms with Crippen molar-refractivity contribution in [2.75, 3.05) is 34.4 Å². The zero-order valence-corrected chi connectivity index (χ0v) is 44.9. The van der Waals surface area contributed by atoms with E-state index >= 15 is 0 Å². The summed E-state index contributed by atoms with van der Waals surface area (Å²) in [6, 6.07) is 12.1. The van der Waals surface area contributed by atoms with E-state index in [0.29, 0.717) is 90.5 Å². The van der Waals surface area contributed by atoms with Crippen molar-refractivity contribution in [2.24, 2.45) is 0 Å². The molecule has 0 bridgehead atoms. The molecule has 0 saturated heterocycles. The standard InChI is InChI=1S/C49H56N2O15S4.Na.H/c1-48(25-3-5-29-67(54,55)56)37(31-50-28-24-33-16-22-39(69(60,61)62)42(48)44(33)50)18-12-34-9-7-10-35(46(34)66-38-19-13-36(14-20-38)47(52)53)17-23-41-49(2,26-4-6-30-68(57,58)59)43-40(70(63,64)65)21-15-32-11-8-27-51(41)45(32)43;;/h12-23,31H,3-11,24-30H2,1-2H3,(H,52,53)(H,54,55,56)(H,57,58,59)(H,60,61,62)(H,63,64,65);;/q;+1;-1/b18-12+,35-17+,41-23+;;. The first-order valence-corrected chi connectivity index (χ1v) is 29.2. The number of hydrogen-bond donors (Lipinski definition) is 5. The zero-order valence-electron chi connectivity index (χ0n) is 40.7. The summed E-state index contributed by atoms with van der Waals surface area (Å²) in [5.74, 6) is -1.32. The number of benzene rings is 3. The second-order valence-corrected chi connectivity index (χ2v) is 24.9. The van der Waals surface area contributed by atoms with Crippen LogP contribution in [0.5, 0.6) is 5.75 Å². The van der Waals surface area contributed by atoms with E-state index in [-0.39, 0.29) is 84.9 Å². The van der Waals surface area contributed by atoms with E-state index < -0.39 is 68.8 Å². The van der Waals surface area contributed by atoms with E-state index in [4.69, 9.17) is 4.74 Å². The Balaban J connectivity index is 0.00000423. The van der Waals surface area contributed by atoms with Crippen LogP contribution >= 0.6 is 0 Å². The molecule has 3 aromatic rings. The van der Waals surface area contributed by atoms with Crippen LogP contribution in [-0.4, -0.2) is 87.6 Å². The van der Waals surface area contributed by atoms with Crippen molar-refractivity contribution >= 4 is 57.8 Å². The van der Waals surface area contributed by atoms with E-state index in [1.54, 1.807) is 12.1 Å². The Labute approximate surface area is 438 Å². The second kappa shape index (κ2) is 20.6. The molecule has 0 saturated carbocycles. The molecule has 3 aromatic carbocycles. The first-order valence-electron chi connectivity index (χ1n) is 23.1. The molecule has 0 aromatic heterocycles. The Morgan fingerprint density at radius 3 is 1.83 bits per heavy atom. The molecule has 4 aliphatic heterocycles. The Morgan fingerprint density at radius 1 is 0.676 bits per heavy atom. The first-order chi connectivity index (χ1) is 32.8. The number of carboxylic acids is 1. The SMILES string of the molecule is CC1(CCCCS(=O)(=O)O)C(/C=C/C2=C(Oc3ccc(C(=O)O)cc3)C(=C/C=C3/N4CCCc5ccc(S(=O)(=O)O)c(c54)C3(C)CCCCS(=O)(=O)O)/CCC2)=CN2CCc3ccc(S(=O)(=O)O)c1c32.[H-].[Na+]. The largest absolute Gasteiger partial charge is 1.00 e. The number of hydrogen-bond acceptors (Lipinski definition) is 12. The summed E-state index contributed by atoms with van der Waals surface area (Å²) in [5.41, 5.74) is 4.64. The smallest absolute Gasteiger partial charge is 1.00 e. The molecular formula is C49H57N2NaO15S4. The van der Waals surface area contributed by atoms with Crippen LogP contribution in [0.25, 0.3) is 0 Å². The molecule has 0 radical (unpaired) electrons. The number of aryl methyl sites for hydroxylation is 1. The molecule has 2 atom stereocenters. The van der Waals surface area contributed by atoms with Crippen molar-refractivity contribution in [3.63, 3.8) is 0 Å². The average molecular weight is 1070 g/mol. The van der Waals surface area contributed by atoms with Crippen LogP contribution in [-0.2, 0) is 64.1 Å². The van der Waals surface area contributed by atoms with Crippen LogP contribution in [0, 0.1) is 0 Å². The van der Waals surface area contributed by atoms with Gasteiger partial charge in [-0.2, -0.15) is 33.7 Å². The Hall–Kier alpha value is -4.13. The van der Waals surface area contributed by atoms with Crippen LogP contribution in [0.4, 0.5) is 11.4 Å². The fraction of sp³-hybridized carbons (Fsp3) is 0.408. The molecule has 4 heterocycles. The van der Waals surface area contributed by atoms with Gasteiger partial charge in [-0.15, -0.1) is 0 Å². The van der Waals surface area contributed by atoms with Gasteiger partial charge in [0.2, 0.25) is 0 Å². The first kappa shape index (κ1) is 54.6. The summed E-state index contributed by atoms with van der Waals surface area (Å²) in [5, 5.41) is 9.64. The fourth-order valence-electron chi connectivity index (χ4n) is 11.0. The van der Waals surface area contributed by atoms with Crippen molar-refractivity contribution < 1.29 is 97.5 Å². The van der Waals surface area contributed by atoms with Crippen LogP contribution in [0.15, 0.2) is 117 Å². The zero-order chi connectivity index (χ0) is 50.6. The van der Waals surface area contributed by atoms with Crippen molar-refractivity contribution in [3.05, 3.63) is 135 Å². The van der Waals surface area contributed by atoms with Gasteiger partial charge in [0.15, 0.2) is 0 Å². The Kier molecular flexibility index (Phi) is 15.9. The molecule has 1 aliphatic carbocycles. The van der Waals surface area contributed by atoms with E-state index in [9.17, 15) is 61.8 Å². The summed E-state index contributed by atoms with van der Waals surface area (Å²) in [4.78, 5) is 15.3. The third-order valence-electron chi connectivity index (χ3n) is 14.3. The van der Waals surface area contributed by atoms with Crippen LogP contribution < -0.4 is 44.1 Å². The van der Waals surface area contributed by atoms with Gasteiger partial charge >= 0.3 is 35.5 Å². The van der Waals surface area contributed by atoms with Gasteiger partial charge in [0, 0.05) is 58.3 Å². The molecule has 378 valence electrons. The van der Waals surface area contributed by atoms with Gasteiger partial charge in [0.1, 0.15) is 21.3 Å². The number of rotatable bonds is 18. The van der Waals surface area contributed by atoms with Crippen molar-refractivity contribution in [3.8, 4) is 5.75 Å². The number of carbonyl (C=O) groups is 1. The molecule has 0 fully saturated rings. The van der Waals surface area contributed by atoms with Crippen LogP contribution in [0.3, 0.4) is 0 Å². The van der Waals surface area contributed by atoms with E-state index in [1.807, 2.05) is 49.3 Å². The molecule has 22 heteroatoms. The minimum Gasteiger partial charge on any atom is -1.00 e. The summed E-state index contributed by atoms with van der Waals surface area (Å²) in [6.45, 7) is 4.78. The number of allylic oxidation sites excluding steroid dienone is 8. The summed E-state index contributed by atoms with van der Waals surface area (Å²) in [7, 11) is -18.0. The van der Waals surface area contributed by atoms with Gasteiger partial charge in [-0.3, -0.25) is 18.2 Å². The molecule has 17 nitrogen and oxygen atoms in total. The maximum atomic E-state index is 13.0. The molecule has 2 unspecified atom stereocenters. The second-order valence-electron chi connectivity index (χ2n) is 19.0. The number of aromatic carboxylic acids is 1. The summed E-state index contributed by atoms with van der Waals surface area (Å²) in [6.07, 6.45) is 14.4. The van der Waals surface area contributed by atoms with E-state index in [2.05, 4.69) is 4.90 Å². The maximum absolute atomic E-state index is 13.0. The van der Waals surface area contributed by atoms with Crippen LogP contribution in [0.1, 0.15) is 112 Å². The van der Waals surface area contributed by atoms with Crippen molar-refractivity contribution in [1.29, 1.82) is 0 Å². The fourth-order valence-corrected chi connectivity index (χ4v) is 13.7. The molecule has 0 spiro atoms. The number of ether oxygens (including phenoxy) is 1. The summed E-state index contributed by atoms with van der Waals surface area (Å²) >= 11 is 0. The Morgan fingerprint density at radius 2 is 1.25 bits per heavy atom. The third-order valence-corrected chi connectivity index (χ3v) is 17.7. The Bertz CT molecular complexity index is 3280. The van der Waals surface area contributed by atoms with Gasteiger partial charge in [0.25, 0.3) is 40.5 Å². The molecule has 71 heavy (non-hydrogen) atoms. The van der Waals surface area contributed by atoms with Gasteiger partial charge < -0.3 is 21.1 Å². The van der Waals surface area contributed by atoms with Crippen molar-refractivity contribution in [2.45, 2.75) is 112 Å². The van der Waals surface area contributed by atoms with Gasteiger partial charge in [-0.05, 0) is 141 Å². The van der Waals surface area contributed by atoms with Gasteiger partial charge in [-0.1, -0.05) is 50.1 Å². The quantitative estimate of drug-likeness (QED) is 0.0619. The van der Waals surface area contributed by atoms with E-state index in [0.717, 1.165) is 28.7 Å². The number of anilines is 2. The van der Waals surface area contributed by atoms with Crippen molar-refractivity contribution in [1.82, 2.24) is 0 Å². The van der Waals surface area contributed by atoms with Crippen LogP contribution in [0.2, 0.25) is 0 Å². The number of nitrogens with zero attached hydrogens (tertiary/aromatic N) is 2.